The first kappa shape index (κ1) is 11.5. The van der Waals surface area contributed by atoms with Gasteiger partial charge in [0, 0.05) is 17.8 Å². The minimum Gasteiger partial charge on any atom is -0.478 e. The van der Waals surface area contributed by atoms with Crippen molar-refractivity contribution < 1.29 is 9.90 Å². The predicted molar refractivity (Wildman–Crippen MR) is 57.3 cm³/mol. The van der Waals surface area contributed by atoms with Crippen molar-refractivity contribution in [2.45, 2.75) is 32.7 Å². The highest BCUT2D eigenvalue weighted by atomic mass is 16.4. The van der Waals surface area contributed by atoms with Crippen molar-refractivity contribution in [2.75, 3.05) is 0 Å². The van der Waals surface area contributed by atoms with Crippen LogP contribution in [0.25, 0.3) is 0 Å². The quantitative estimate of drug-likeness (QED) is 0.824. The van der Waals surface area contributed by atoms with E-state index in [1.807, 2.05) is 20.8 Å². The summed E-state index contributed by atoms with van der Waals surface area (Å²) in [4.78, 5) is 22.3. The van der Waals surface area contributed by atoms with Crippen LogP contribution in [0.15, 0.2) is 23.1 Å². The topological polar surface area (TPSA) is 59.3 Å². The molecule has 1 rings (SSSR count). The van der Waals surface area contributed by atoms with Crippen molar-refractivity contribution in [1.29, 1.82) is 0 Å². The summed E-state index contributed by atoms with van der Waals surface area (Å²) in [5.74, 6) is -1.02. The molecule has 1 N–H and O–H groups in total. The largest absolute Gasteiger partial charge is 0.478 e. The molecule has 82 valence electrons. The number of carboxylic acid groups (broad SMARTS) is 1. The molecule has 0 saturated carbocycles. The minimum absolute atomic E-state index is 0.135. The van der Waals surface area contributed by atoms with E-state index in [-0.39, 0.29) is 16.7 Å². The van der Waals surface area contributed by atoms with E-state index in [2.05, 4.69) is 0 Å². The van der Waals surface area contributed by atoms with Gasteiger partial charge in [-0.05, 0) is 26.3 Å². The van der Waals surface area contributed by atoms with E-state index in [1.54, 1.807) is 0 Å². The lowest BCUT2D eigenvalue weighted by Gasteiger charge is -2.26. The smallest absolute Gasteiger partial charge is 0.337 e. The van der Waals surface area contributed by atoms with Gasteiger partial charge in [-0.2, -0.15) is 0 Å². The molecule has 1 aromatic rings. The average molecular weight is 209 g/mol. The molecule has 0 aromatic carbocycles. The van der Waals surface area contributed by atoms with Crippen LogP contribution in [0.2, 0.25) is 0 Å². The van der Waals surface area contributed by atoms with Crippen LogP contribution in [0.4, 0.5) is 0 Å². The summed E-state index contributed by atoms with van der Waals surface area (Å²) in [7, 11) is 0. The van der Waals surface area contributed by atoms with Crippen LogP contribution in [0.3, 0.4) is 0 Å². The van der Waals surface area contributed by atoms with Gasteiger partial charge in [-0.3, -0.25) is 4.79 Å². The number of pyridine rings is 1. The molecule has 4 heteroatoms. The molecule has 0 atom stereocenters. The number of hydrogen-bond acceptors (Lipinski definition) is 2. The normalized spacial score (nSPS) is 11.4. The van der Waals surface area contributed by atoms with Crippen LogP contribution >= 0.6 is 0 Å². The van der Waals surface area contributed by atoms with Gasteiger partial charge in [0.05, 0.1) is 5.56 Å². The lowest BCUT2D eigenvalue weighted by Crippen LogP contribution is -2.35. The molecule has 0 spiro atoms. The van der Waals surface area contributed by atoms with E-state index in [0.717, 1.165) is 6.42 Å². The zero-order valence-corrected chi connectivity index (χ0v) is 9.15. The fourth-order valence-electron chi connectivity index (χ4n) is 1.26. The molecule has 0 radical (unpaired) electrons. The number of hydrogen-bond donors (Lipinski definition) is 1. The first-order valence-corrected chi connectivity index (χ1v) is 4.85. The Morgan fingerprint density at radius 3 is 2.53 bits per heavy atom. The Bertz CT molecular complexity index is 432. The SMILES string of the molecule is CCC(C)(C)n1cc(C(=O)O)ccc1=O. The Morgan fingerprint density at radius 1 is 1.47 bits per heavy atom. The van der Waals surface area contributed by atoms with Gasteiger partial charge < -0.3 is 9.67 Å². The summed E-state index contributed by atoms with van der Waals surface area (Å²) in [5, 5.41) is 8.82. The molecule has 15 heavy (non-hydrogen) atoms. The Balaban J connectivity index is 3.35. The lowest BCUT2D eigenvalue weighted by atomic mass is 10.0. The molecule has 0 aliphatic heterocycles. The second-order valence-electron chi connectivity index (χ2n) is 4.10. The van der Waals surface area contributed by atoms with Gasteiger partial charge in [-0.1, -0.05) is 6.92 Å². The third-order valence-electron chi connectivity index (χ3n) is 2.68. The Labute approximate surface area is 88.2 Å². The van der Waals surface area contributed by atoms with Crippen LogP contribution in [-0.2, 0) is 5.54 Å². The summed E-state index contributed by atoms with van der Waals surface area (Å²) < 4.78 is 1.47. The minimum atomic E-state index is -1.02. The van der Waals surface area contributed by atoms with Crippen LogP contribution in [0.5, 0.6) is 0 Å². The number of rotatable bonds is 3. The maximum Gasteiger partial charge on any atom is 0.337 e. The molecular formula is C11H15NO3. The van der Waals surface area contributed by atoms with Gasteiger partial charge in [0.15, 0.2) is 0 Å². The fraction of sp³-hybridized carbons (Fsp3) is 0.455. The van der Waals surface area contributed by atoms with Gasteiger partial charge in [0.1, 0.15) is 0 Å². The van der Waals surface area contributed by atoms with Gasteiger partial charge in [-0.15, -0.1) is 0 Å². The predicted octanol–water partition coefficient (Wildman–Crippen LogP) is 1.69. The first-order chi connectivity index (χ1) is 6.88. The number of aromatic nitrogens is 1. The highest BCUT2D eigenvalue weighted by molar-refractivity contribution is 5.87. The van der Waals surface area contributed by atoms with Crippen molar-refractivity contribution >= 4 is 5.97 Å². The highest BCUT2D eigenvalue weighted by Gasteiger charge is 2.19. The zero-order chi connectivity index (χ0) is 11.6. The van der Waals surface area contributed by atoms with E-state index in [4.69, 9.17) is 5.11 Å². The van der Waals surface area contributed by atoms with E-state index in [1.165, 1.54) is 22.9 Å². The monoisotopic (exact) mass is 209 g/mol. The van der Waals surface area contributed by atoms with Crippen molar-refractivity contribution in [3.8, 4) is 0 Å². The van der Waals surface area contributed by atoms with Gasteiger partial charge in [0.25, 0.3) is 5.56 Å². The molecule has 0 aliphatic carbocycles. The average Bonchev–Trinajstić information content (AvgIpc) is 2.17. The molecular weight excluding hydrogens is 194 g/mol. The van der Waals surface area contributed by atoms with Crippen LogP contribution in [0.1, 0.15) is 37.6 Å². The zero-order valence-electron chi connectivity index (χ0n) is 9.15. The molecule has 1 aromatic heterocycles. The third kappa shape index (κ3) is 2.26. The fourth-order valence-corrected chi connectivity index (χ4v) is 1.26. The Kier molecular flexibility index (Phi) is 2.98. The van der Waals surface area contributed by atoms with E-state index >= 15 is 0 Å². The van der Waals surface area contributed by atoms with Gasteiger partial charge in [0.2, 0.25) is 0 Å². The second-order valence-corrected chi connectivity index (χ2v) is 4.10. The van der Waals surface area contributed by atoms with E-state index in [9.17, 15) is 9.59 Å². The molecule has 0 bridgehead atoms. The maximum atomic E-state index is 11.6. The van der Waals surface area contributed by atoms with Crippen LogP contribution in [0, 0.1) is 0 Å². The van der Waals surface area contributed by atoms with Crippen molar-refractivity contribution in [2.24, 2.45) is 0 Å². The molecule has 0 fully saturated rings. The van der Waals surface area contributed by atoms with Crippen molar-refractivity contribution in [1.82, 2.24) is 4.57 Å². The number of carbonyl (C=O) groups is 1. The summed E-state index contributed by atoms with van der Waals surface area (Å²) in [6, 6.07) is 2.62. The highest BCUT2D eigenvalue weighted by Crippen LogP contribution is 2.17. The molecule has 0 aliphatic rings. The summed E-state index contributed by atoms with van der Waals surface area (Å²) in [6.45, 7) is 5.76. The van der Waals surface area contributed by atoms with Crippen molar-refractivity contribution in [3.63, 3.8) is 0 Å². The molecule has 0 unspecified atom stereocenters. The Morgan fingerprint density at radius 2 is 2.07 bits per heavy atom. The summed E-state index contributed by atoms with van der Waals surface area (Å²) >= 11 is 0. The molecule has 0 saturated heterocycles. The van der Waals surface area contributed by atoms with Crippen LogP contribution < -0.4 is 5.56 Å². The molecule has 0 amide bonds. The second kappa shape index (κ2) is 3.88. The van der Waals surface area contributed by atoms with Gasteiger partial charge in [-0.25, -0.2) is 4.79 Å². The van der Waals surface area contributed by atoms with E-state index in [0.29, 0.717) is 0 Å². The molecule has 1 heterocycles. The number of aromatic carboxylic acids is 1. The lowest BCUT2D eigenvalue weighted by molar-refractivity contribution is 0.0695. The van der Waals surface area contributed by atoms with Crippen molar-refractivity contribution in [3.05, 3.63) is 34.2 Å². The van der Waals surface area contributed by atoms with E-state index < -0.39 is 5.97 Å². The number of carboxylic acids is 1. The standard InChI is InChI=1S/C11H15NO3/c1-4-11(2,3)12-7-8(10(14)15)5-6-9(12)13/h5-7H,4H2,1-3H3,(H,14,15). The first-order valence-electron chi connectivity index (χ1n) is 4.85. The number of nitrogens with zero attached hydrogens (tertiary/aromatic N) is 1. The van der Waals surface area contributed by atoms with Gasteiger partial charge >= 0.3 is 5.97 Å². The summed E-state index contributed by atoms with van der Waals surface area (Å²) in [6.07, 6.45) is 2.16. The third-order valence-corrected chi connectivity index (χ3v) is 2.68. The molecule has 4 nitrogen and oxygen atoms in total. The van der Waals surface area contributed by atoms with Crippen LogP contribution in [-0.4, -0.2) is 15.6 Å². The summed E-state index contributed by atoms with van der Waals surface area (Å²) in [5.41, 5.74) is -0.397. The maximum absolute atomic E-state index is 11.6. The Hall–Kier alpha value is -1.58.